The van der Waals surface area contributed by atoms with Gasteiger partial charge < -0.3 is 9.97 Å². The van der Waals surface area contributed by atoms with Gasteiger partial charge in [-0.2, -0.15) is 0 Å². The summed E-state index contributed by atoms with van der Waals surface area (Å²) in [7, 11) is 0. The second kappa shape index (κ2) is 7.11. The third-order valence-corrected chi connectivity index (χ3v) is 5.78. The highest BCUT2D eigenvalue weighted by atomic mass is 35.5. The number of benzene rings is 1. The summed E-state index contributed by atoms with van der Waals surface area (Å²) in [6, 6.07) is 22.6. The second-order valence-corrected chi connectivity index (χ2v) is 7.89. The number of aromatic nitrogens is 4. The lowest BCUT2D eigenvalue weighted by molar-refractivity contribution is 1.28. The zero-order valence-corrected chi connectivity index (χ0v) is 17.2. The number of fused-ring (bicyclic) bond motifs is 8. The Morgan fingerprint density at radius 3 is 2.16 bits per heavy atom. The van der Waals surface area contributed by atoms with Crippen molar-refractivity contribution in [2.75, 3.05) is 0 Å². The average Bonchev–Trinajstić information content (AvgIpc) is 3.58. The number of H-pyrrole nitrogens is 2. The van der Waals surface area contributed by atoms with E-state index in [1.165, 1.54) is 0 Å². The van der Waals surface area contributed by atoms with Gasteiger partial charge in [0.05, 0.1) is 27.8 Å². The fourth-order valence-electron chi connectivity index (χ4n) is 3.95. The highest BCUT2D eigenvalue weighted by Crippen LogP contribution is 2.32. The zero-order valence-electron chi connectivity index (χ0n) is 16.4. The largest absolute Gasteiger partial charge is 0.355 e. The van der Waals surface area contributed by atoms with Gasteiger partial charge in [-0.15, -0.1) is 0 Å². The molecule has 8 bridgehead atoms. The predicted molar refractivity (Wildman–Crippen MR) is 129 cm³/mol. The molecule has 0 saturated carbocycles. The van der Waals surface area contributed by atoms with Gasteiger partial charge in [-0.3, -0.25) is 0 Å². The number of nitrogens with one attached hydrogen (secondary N) is 2. The molecule has 1 aromatic carbocycles. The van der Waals surface area contributed by atoms with Crippen molar-refractivity contribution < 1.29 is 0 Å². The van der Waals surface area contributed by atoms with Crippen LogP contribution in [0.4, 0.5) is 0 Å². The molecule has 4 aromatic rings. The first-order valence-electron chi connectivity index (χ1n) is 10.0. The molecule has 0 aliphatic carbocycles. The lowest BCUT2D eigenvalue weighted by Gasteiger charge is -2.03. The van der Waals surface area contributed by atoms with Gasteiger partial charge in [-0.25, -0.2) is 9.97 Å². The number of rotatable bonds is 1. The summed E-state index contributed by atoms with van der Waals surface area (Å²) >= 11 is 6.70. The van der Waals surface area contributed by atoms with E-state index >= 15 is 0 Å². The van der Waals surface area contributed by atoms with Crippen LogP contribution in [0.2, 0.25) is 5.02 Å². The number of hydrogen-bond donors (Lipinski definition) is 2. The predicted octanol–water partition coefficient (Wildman–Crippen LogP) is 6.98. The standard InChI is InChI=1S/C26H17ClN4/c27-26-23-11-9-20(30-23)15-18-7-6-17(28-18)14-19-8-10-21(29-19)25(16-4-2-1-3-5-16)22-12-13-24(26)31-22/h1-15,28-29H. The van der Waals surface area contributed by atoms with Crippen molar-refractivity contribution in [3.05, 3.63) is 94.5 Å². The maximum atomic E-state index is 6.70. The van der Waals surface area contributed by atoms with Crippen LogP contribution in [-0.2, 0) is 0 Å². The molecule has 0 atom stereocenters. The number of nitrogens with zero attached hydrogens (tertiary/aromatic N) is 2. The van der Waals surface area contributed by atoms with Crippen LogP contribution in [0.25, 0.3) is 57.5 Å². The van der Waals surface area contributed by atoms with E-state index in [-0.39, 0.29) is 0 Å². The fourth-order valence-corrected chi connectivity index (χ4v) is 4.16. The minimum Gasteiger partial charge on any atom is -0.355 e. The van der Waals surface area contributed by atoms with Gasteiger partial charge in [0.1, 0.15) is 0 Å². The van der Waals surface area contributed by atoms with Crippen LogP contribution in [-0.4, -0.2) is 19.9 Å². The Kier molecular flexibility index (Phi) is 4.11. The van der Waals surface area contributed by atoms with Crippen LogP contribution in [0.15, 0.2) is 66.7 Å². The fraction of sp³-hybridized carbons (Fsp3) is 0. The second-order valence-electron chi connectivity index (χ2n) is 7.51. The Bertz CT molecular complexity index is 1540. The van der Waals surface area contributed by atoms with Gasteiger partial charge in [0.2, 0.25) is 0 Å². The highest BCUT2D eigenvalue weighted by Gasteiger charge is 2.14. The zero-order chi connectivity index (χ0) is 20.8. The summed E-state index contributed by atoms with van der Waals surface area (Å²) in [6.45, 7) is 0. The van der Waals surface area contributed by atoms with Crippen molar-refractivity contribution in [3.8, 4) is 11.1 Å². The molecule has 0 radical (unpaired) electrons. The first-order chi connectivity index (χ1) is 15.2. The molecule has 31 heavy (non-hydrogen) atoms. The van der Waals surface area contributed by atoms with Crippen molar-refractivity contribution in [1.82, 2.24) is 19.9 Å². The maximum Gasteiger partial charge on any atom is 0.0919 e. The average molecular weight is 421 g/mol. The molecular formula is C26H17ClN4. The van der Waals surface area contributed by atoms with E-state index < -0.39 is 0 Å². The van der Waals surface area contributed by atoms with Gasteiger partial charge in [0.25, 0.3) is 0 Å². The quantitative estimate of drug-likeness (QED) is 0.301. The minimum absolute atomic E-state index is 0.540. The molecule has 2 N–H and O–H groups in total. The summed E-state index contributed by atoms with van der Waals surface area (Å²) in [6.07, 6.45) is 7.84. The normalized spacial score (nSPS) is 12.4. The molecule has 0 saturated heterocycles. The van der Waals surface area contributed by atoms with Crippen molar-refractivity contribution in [3.63, 3.8) is 0 Å². The number of halogens is 1. The molecule has 2 aliphatic rings. The molecule has 5 heteroatoms. The summed E-state index contributed by atoms with van der Waals surface area (Å²) in [4.78, 5) is 16.5. The van der Waals surface area contributed by atoms with Crippen LogP contribution in [0.1, 0.15) is 22.8 Å². The lowest BCUT2D eigenvalue weighted by Crippen LogP contribution is -1.86. The van der Waals surface area contributed by atoms with Gasteiger partial charge in [0.15, 0.2) is 0 Å². The Morgan fingerprint density at radius 1 is 0.613 bits per heavy atom. The van der Waals surface area contributed by atoms with E-state index in [0.29, 0.717) is 16.4 Å². The van der Waals surface area contributed by atoms with Gasteiger partial charge in [0, 0.05) is 27.6 Å². The first-order valence-corrected chi connectivity index (χ1v) is 10.4. The molecule has 0 spiro atoms. The Morgan fingerprint density at radius 2 is 1.29 bits per heavy atom. The summed E-state index contributed by atoms with van der Waals surface area (Å²) < 4.78 is 0. The summed E-state index contributed by atoms with van der Waals surface area (Å²) in [5, 5.41) is 0.540. The Labute approximate surface area is 183 Å². The molecule has 0 amide bonds. The highest BCUT2D eigenvalue weighted by molar-refractivity contribution is 6.33. The van der Waals surface area contributed by atoms with Crippen molar-refractivity contribution in [2.24, 2.45) is 0 Å². The molecule has 6 rings (SSSR count). The molecule has 2 aliphatic heterocycles. The first kappa shape index (κ1) is 17.9. The van der Waals surface area contributed by atoms with Crippen molar-refractivity contribution in [1.29, 1.82) is 0 Å². The van der Waals surface area contributed by atoms with Crippen LogP contribution in [0.3, 0.4) is 0 Å². The van der Waals surface area contributed by atoms with Crippen molar-refractivity contribution >= 4 is 58.0 Å². The van der Waals surface area contributed by atoms with E-state index in [1.807, 2.05) is 54.6 Å². The molecule has 4 nitrogen and oxygen atoms in total. The van der Waals surface area contributed by atoms with E-state index in [9.17, 15) is 0 Å². The lowest BCUT2D eigenvalue weighted by atomic mass is 10.0. The van der Waals surface area contributed by atoms with Crippen LogP contribution in [0, 0.1) is 0 Å². The number of hydrogen-bond acceptors (Lipinski definition) is 2. The molecule has 0 unspecified atom stereocenters. The number of aromatic amines is 2. The van der Waals surface area contributed by atoms with Gasteiger partial charge in [-0.05, 0) is 66.3 Å². The van der Waals surface area contributed by atoms with Crippen LogP contribution < -0.4 is 0 Å². The molecule has 5 heterocycles. The smallest absolute Gasteiger partial charge is 0.0919 e. The monoisotopic (exact) mass is 420 g/mol. The van der Waals surface area contributed by atoms with E-state index in [4.69, 9.17) is 16.6 Å². The topological polar surface area (TPSA) is 57.4 Å². The van der Waals surface area contributed by atoms with Crippen molar-refractivity contribution in [2.45, 2.75) is 0 Å². The summed E-state index contributed by atoms with van der Waals surface area (Å²) in [5.41, 5.74) is 9.25. The molecule has 3 aromatic heterocycles. The molecule has 0 fully saturated rings. The Balaban J connectivity index is 1.76. The summed E-state index contributed by atoms with van der Waals surface area (Å²) in [5.74, 6) is 0. The van der Waals surface area contributed by atoms with E-state index in [0.717, 1.165) is 44.6 Å². The Hall–Kier alpha value is -3.89. The molecule has 148 valence electrons. The third-order valence-electron chi connectivity index (χ3n) is 5.39. The van der Waals surface area contributed by atoms with E-state index in [2.05, 4.69) is 51.4 Å². The third kappa shape index (κ3) is 3.27. The van der Waals surface area contributed by atoms with Crippen LogP contribution in [0.5, 0.6) is 0 Å². The SMILES string of the molecule is Clc1c2nc(cc3ccc(cc4ccc([nH]4)c(-c4ccccc4)c4nc1C=C4)[nH]3)C=C2. The molecular weight excluding hydrogens is 404 g/mol. The minimum atomic E-state index is 0.540. The van der Waals surface area contributed by atoms with E-state index in [1.54, 1.807) is 0 Å². The van der Waals surface area contributed by atoms with Gasteiger partial charge >= 0.3 is 0 Å². The maximum absolute atomic E-state index is 6.70. The van der Waals surface area contributed by atoms with Gasteiger partial charge in [-0.1, -0.05) is 41.9 Å². The van der Waals surface area contributed by atoms with Crippen LogP contribution >= 0.6 is 11.6 Å².